The zero-order valence-corrected chi connectivity index (χ0v) is 11.5. The molecule has 3 heterocycles. The molecule has 21 heavy (non-hydrogen) atoms. The fourth-order valence-corrected chi connectivity index (χ4v) is 2.65. The van der Waals surface area contributed by atoms with Gasteiger partial charge in [-0.1, -0.05) is 6.07 Å². The number of esters is 1. The average Bonchev–Trinajstić information content (AvgIpc) is 3.09. The predicted octanol–water partition coefficient (Wildman–Crippen LogP) is 0.0827. The monoisotopic (exact) mass is 289 g/mol. The summed E-state index contributed by atoms with van der Waals surface area (Å²) in [6.07, 6.45) is 2.68. The number of rotatable bonds is 2. The van der Waals surface area contributed by atoms with Crippen LogP contribution < -0.4 is 0 Å². The summed E-state index contributed by atoms with van der Waals surface area (Å²) in [5, 5.41) is 13.9. The van der Waals surface area contributed by atoms with Gasteiger partial charge in [-0.3, -0.25) is 4.79 Å². The van der Waals surface area contributed by atoms with Crippen molar-refractivity contribution in [2.24, 2.45) is 0 Å². The van der Waals surface area contributed by atoms with E-state index in [-0.39, 0.29) is 18.9 Å². The van der Waals surface area contributed by atoms with Crippen molar-refractivity contribution in [3.05, 3.63) is 36.2 Å². The minimum absolute atomic E-state index is 0.114. The maximum atomic E-state index is 12.7. The van der Waals surface area contributed by atoms with Gasteiger partial charge in [0, 0.05) is 19.2 Å². The first-order chi connectivity index (χ1) is 10.1. The second-order valence-electron chi connectivity index (χ2n) is 4.97. The Morgan fingerprint density at radius 3 is 3.00 bits per heavy atom. The van der Waals surface area contributed by atoms with Crippen LogP contribution >= 0.6 is 0 Å². The second-order valence-corrected chi connectivity index (χ2v) is 4.97. The first-order valence-electron chi connectivity index (χ1n) is 6.61. The molecular formula is C14H15N3O4. The largest absolute Gasteiger partial charge is 0.467 e. The van der Waals surface area contributed by atoms with Gasteiger partial charge in [0.15, 0.2) is 0 Å². The average molecular weight is 289 g/mol. The van der Waals surface area contributed by atoms with Gasteiger partial charge >= 0.3 is 5.97 Å². The number of β-amino-alcohol motifs (C(OH)–C–C–N with tert-alkyl or cyclic N) is 1. The number of aliphatic hydroxyl groups excluding tert-OH is 1. The van der Waals surface area contributed by atoms with Crippen molar-refractivity contribution < 1.29 is 19.4 Å². The van der Waals surface area contributed by atoms with Crippen LogP contribution in [0.2, 0.25) is 0 Å². The number of hydrogen-bond acceptors (Lipinski definition) is 5. The Morgan fingerprint density at radius 2 is 2.24 bits per heavy atom. The molecule has 2 unspecified atom stereocenters. The van der Waals surface area contributed by atoms with Crippen molar-refractivity contribution in [1.82, 2.24) is 14.5 Å². The lowest BCUT2D eigenvalue weighted by Gasteiger charge is -2.21. The molecule has 110 valence electrons. The molecule has 0 bridgehead atoms. The van der Waals surface area contributed by atoms with Crippen molar-refractivity contribution in [2.45, 2.75) is 18.6 Å². The molecule has 7 heteroatoms. The molecule has 1 fully saturated rings. The van der Waals surface area contributed by atoms with Crippen LogP contribution in [-0.2, 0) is 9.53 Å². The molecule has 1 amide bonds. The van der Waals surface area contributed by atoms with Gasteiger partial charge in [-0.15, -0.1) is 0 Å². The lowest BCUT2D eigenvalue weighted by Crippen LogP contribution is -2.41. The van der Waals surface area contributed by atoms with E-state index in [4.69, 9.17) is 4.74 Å². The van der Waals surface area contributed by atoms with Crippen LogP contribution in [0, 0.1) is 0 Å². The number of ether oxygens (including phenoxy) is 1. The predicted molar refractivity (Wildman–Crippen MR) is 72.7 cm³/mol. The summed E-state index contributed by atoms with van der Waals surface area (Å²) in [7, 11) is 1.27. The molecule has 0 spiro atoms. The van der Waals surface area contributed by atoms with E-state index in [1.54, 1.807) is 16.8 Å². The molecule has 0 aliphatic carbocycles. The van der Waals surface area contributed by atoms with Crippen molar-refractivity contribution in [3.8, 4) is 0 Å². The van der Waals surface area contributed by atoms with E-state index in [2.05, 4.69) is 5.10 Å². The highest BCUT2D eigenvalue weighted by Crippen LogP contribution is 2.23. The number of hydrogen-bond donors (Lipinski definition) is 1. The highest BCUT2D eigenvalue weighted by molar-refractivity contribution is 6.02. The summed E-state index contributed by atoms with van der Waals surface area (Å²) >= 11 is 0. The first-order valence-corrected chi connectivity index (χ1v) is 6.61. The van der Waals surface area contributed by atoms with Crippen LogP contribution in [0.4, 0.5) is 0 Å². The van der Waals surface area contributed by atoms with E-state index in [1.807, 2.05) is 12.1 Å². The van der Waals surface area contributed by atoms with Crippen LogP contribution in [-0.4, -0.2) is 57.3 Å². The third kappa shape index (κ3) is 2.25. The number of aliphatic hydroxyl groups is 1. The molecule has 3 rings (SSSR count). The van der Waals surface area contributed by atoms with E-state index in [1.165, 1.54) is 18.2 Å². The lowest BCUT2D eigenvalue weighted by molar-refractivity contribution is -0.145. The molecule has 0 aromatic carbocycles. The van der Waals surface area contributed by atoms with Gasteiger partial charge in [0.1, 0.15) is 6.04 Å². The lowest BCUT2D eigenvalue weighted by atomic mass is 10.2. The second kappa shape index (κ2) is 5.17. The standard InChI is InChI=1S/C14H15N3O4/c1-21-14(20)12-6-9(18)8-16(12)13(19)10-7-15-17-5-3-2-4-11(10)17/h2-5,7,9,12,18H,6,8H2,1H3. The zero-order valence-electron chi connectivity index (χ0n) is 11.5. The van der Waals surface area contributed by atoms with Gasteiger partial charge in [0.2, 0.25) is 0 Å². The fourth-order valence-electron chi connectivity index (χ4n) is 2.65. The highest BCUT2D eigenvalue weighted by atomic mass is 16.5. The molecule has 7 nitrogen and oxygen atoms in total. The van der Waals surface area contributed by atoms with Crippen molar-refractivity contribution in [3.63, 3.8) is 0 Å². The number of methoxy groups -OCH3 is 1. The molecule has 2 atom stereocenters. The van der Waals surface area contributed by atoms with Gasteiger partial charge in [-0.2, -0.15) is 5.10 Å². The van der Waals surface area contributed by atoms with Gasteiger partial charge in [-0.25, -0.2) is 9.31 Å². The van der Waals surface area contributed by atoms with Crippen LogP contribution in [0.25, 0.3) is 5.52 Å². The van der Waals surface area contributed by atoms with Crippen LogP contribution in [0.3, 0.4) is 0 Å². The Kier molecular flexibility index (Phi) is 3.34. The van der Waals surface area contributed by atoms with Crippen LogP contribution in [0.5, 0.6) is 0 Å². The molecule has 2 aromatic rings. The maximum absolute atomic E-state index is 12.7. The molecule has 1 aliphatic heterocycles. The Balaban J connectivity index is 1.95. The van der Waals surface area contributed by atoms with E-state index in [0.29, 0.717) is 11.1 Å². The van der Waals surface area contributed by atoms with Crippen molar-refractivity contribution in [1.29, 1.82) is 0 Å². The molecule has 1 saturated heterocycles. The smallest absolute Gasteiger partial charge is 0.328 e. The van der Waals surface area contributed by atoms with Crippen molar-refractivity contribution in [2.75, 3.05) is 13.7 Å². The summed E-state index contributed by atoms with van der Waals surface area (Å²) in [5.74, 6) is -0.848. The summed E-state index contributed by atoms with van der Waals surface area (Å²) in [5.41, 5.74) is 1.06. The Morgan fingerprint density at radius 1 is 1.43 bits per heavy atom. The number of fused-ring (bicyclic) bond motifs is 1. The van der Waals surface area contributed by atoms with Gasteiger partial charge < -0.3 is 14.7 Å². The van der Waals surface area contributed by atoms with Crippen molar-refractivity contribution >= 4 is 17.4 Å². The molecule has 1 aliphatic rings. The van der Waals surface area contributed by atoms with E-state index in [0.717, 1.165) is 0 Å². The number of nitrogens with zero attached hydrogens (tertiary/aromatic N) is 3. The minimum atomic E-state index is -0.754. The SMILES string of the molecule is COC(=O)C1CC(O)CN1C(=O)c1cnn2ccccc12. The molecular weight excluding hydrogens is 274 g/mol. The Labute approximate surface area is 120 Å². The van der Waals surface area contributed by atoms with E-state index < -0.39 is 18.1 Å². The molecule has 0 saturated carbocycles. The topological polar surface area (TPSA) is 84.1 Å². The van der Waals surface area contributed by atoms with E-state index >= 15 is 0 Å². The number of likely N-dealkylation sites (tertiary alicyclic amines) is 1. The van der Waals surface area contributed by atoms with Gasteiger partial charge in [-0.05, 0) is 12.1 Å². The number of carbonyl (C=O) groups is 2. The Hall–Kier alpha value is -2.41. The van der Waals surface area contributed by atoms with Crippen LogP contribution in [0.15, 0.2) is 30.6 Å². The third-order valence-corrected chi connectivity index (χ3v) is 3.67. The van der Waals surface area contributed by atoms with Crippen LogP contribution in [0.1, 0.15) is 16.8 Å². The summed E-state index contributed by atoms with van der Waals surface area (Å²) in [6, 6.07) is 4.64. The first kappa shape index (κ1) is 13.6. The number of amides is 1. The quantitative estimate of drug-likeness (QED) is 0.792. The van der Waals surface area contributed by atoms with Gasteiger partial charge in [0.25, 0.3) is 5.91 Å². The normalized spacial score (nSPS) is 21.7. The minimum Gasteiger partial charge on any atom is -0.467 e. The molecule has 2 aromatic heterocycles. The molecule has 0 radical (unpaired) electrons. The van der Waals surface area contributed by atoms with Gasteiger partial charge in [0.05, 0.1) is 30.5 Å². The molecule has 1 N–H and O–H groups in total. The third-order valence-electron chi connectivity index (χ3n) is 3.67. The summed E-state index contributed by atoms with van der Waals surface area (Å²) in [4.78, 5) is 25.8. The summed E-state index contributed by atoms with van der Waals surface area (Å²) < 4.78 is 6.29. The summed E-state index contributed by atoms with van der Waals surface area (Å²) in [6.45, 7) is 0.114. The number of carbonyl (C=O) groups excluding carboxylic acids is 2. The highest BCUT2D eigenvalue weighted by Gasteiger charge is 2.40. The maximum Gasteiger partial charge on any atom is 0.328 e. The zero-order chi connectivity index (χ0) is 15.0. The fraction of sp³-hybridized carbons (Fsp3) is 0.357. The Bertz CT molecular complexity index is 696. The van der Waals surface area contributed by atoms with E-state index in [9.17, 15) is 14.7 Å². The number of aromatic nitrogens is 2. The number of pyridine rings is 1.